The summed E-state index contributed by atoms with van der Waals surface area (Å²) in [6, 6.07) is 111. The molecular weight excluding hydrogens is 1610 g/mol. The summed E-state index contributed by atoms with van der Waals surface area (Å²) < 4.78 is 14.2. The van der Waals surface area contributed by atoms with Crippen LogP contribution in [-0.4, -0.2) is 42.4 Å². The Morgan fingerprint density at radius 1 is 0.189 bits per heavy atom. The van der Waals surface area contributed by atoms with Crippen LogP contribution in [-0.2, 0) is 0 Å². The first-order valence-corrected chi connectivity index (χ1v) is 44.8. The summed E-state index contributed by atoms with van der Waals surface area (Å²) in [6.07, 6.45) is 11.9. The molecule has 24 rings (SSSR count). The van der Waals surface area contributed by atoms with Crippen molar-refractivity contribution in [2.45, 2.75) is 83.1 Å². The molecule has 0 radical (unpaired) electrons. The molecule has 0 amide bonds. The number of aryl methyl sites for hydroxylation is 12. The zero-order valence-corrected chi connectivity index (χ0v) is 75.5. The van der Waals surface area contributed by atoms with Crippen LogP contribution in [0.4, 0.5) is 0 Å². The fraction of sp³-hybridized carbons (Fsp3) is 0.100. The molecule has 12 heteroatoms. The molecule has 0 aliphatic heterocycles. The van der Waals surface area contributed by atoms with Crippen molar-refractivity contribution in [1.82, 2.24) is 42.4 Å². The highest BCUT2D eigenvalue weighted by Gasteiger charge is 2.29. The summed E-state index contributed by atoms with van der Waals surface area (Å²) in [5, 5.41) is 44.4. The first kappa shape index (κ1) is 80.8. The number of rotatable bonds is 9. The highest BCUT2D eigenvalue weighted by atomic mass is 15.1. The summed E-state index contributed by atoms with van der Waals surface area (Å²) >= 11 is 0. The second-order valence-electron chi connectivity index (χ2n) is 36.0. The minimum absolute atomic E-state index is 0.624. The Labute approximate surface area is 764 Å². The zero-order chi connectivity index (χ0) is 90.3. The fourth-order valence-electron chi connectivity index (χ4n) is 20.4. The van der Waals surface area contributed by atoms with E-state index in [1.54, 1.807) is 0 Å². The lowest BCUT2D eigenvalue weighted by atomic mass is 9.97. The first-order chi connectivity index (χ1) is 64.2. The van der Waals surface area contributed by atoms with E-state index in [4.69, 9.17) is 15.0 Å². The number of aromatic nitrogens is 9. The topological polar surface area (TPSA) is 140 Å². The van der Waals surface area contributed by atoms with Gasteiger partial charge in [0.1, 0.15) is 0 Å². The fourth-order valence-corrected chi connectivity index (χ4v) is 20.4. The number of nitrogens with zero attached hydrogens (tertiary/aromatic N) is 12. The monoisotopic (exact) mass is 1700 g/mol. The Hall–Kier alpha value is -17.0. The van der Waals surface area contributed by atoms with Crippen LogP contribution >= 0.6 is 0 Å². The molecule has 24 aromatic rings. The SMILES string of the molecule is Cc1ccc2c3ccc(C)cc3n(-c3cncc(-n4c5cc(C)ccc5c5ccc(C)cc54)c3-c3ccc(C#N)cc3)c2c1.Cc1ccc2c3ccc(C)cc3n(-c3cncc(-n4c5cc(C)ccc5c5ccc(C)cc54)c3-c3cccc(C#N)c3)c2c1.Cc1ccc2c3ccc(C)cc3n(-c3cncc(-n4c5cc(C)ccc5c5ccc(C)cc54)c3-c3ccccc3C#N)c2c1. The van der Waals surface area contributed by atoms with Crippen molar-refractivity contribution in [3.05, 3.63) is 412 Å². The average molecular weight is 1700 g/mol. The summed E-state index contributed by atoms with van der Waals surface area (Å²) in [5.74, 6) is 0. The molecular formula is C120H90N12. The Balaban J connectivity index is 0.000000116. The van der Waals surface area contributed by atoms with Crippen molar-refractivity contribution in [3.63, 3.8) is 0 Å². The van der Waals surface area contributed by atoms with E-state index in [0.717, 1.165) is 134 Å². The van der Waals surface area contributed by atoms with Gasteiger partial charge in [0, 0.05) is 86.9 Å². The van der Waals surface area contributed by atoms with E-state index in [2.05, 4.69) is 371 Å². The summed E-state index contributed by atoms with van der Waals surface area (Å²) in [6.45, 7) is 25.7. The smallest absolute Gasteiger partial charge is 0.0998 e. The summed E-state index contributed by atoms with van der Waals surface area (Å²) in [7, 11) is 0. The van der Waals surface area contributed by atoms with Crippen molar-refractivity contribution >= 4 is 131 Å². The first-order valence-electron chi connectivity index (χ1n) is 44.8. The van der Waals surface area contributed by atoms with Crippen LogP contribution in [0.25, 0.3) is 198 Å². The summed E-state index contributed by atoms with van der Waals surface area (Å²) in [4.78, 5) is 14.8. The van der Waals surface area contributed by atoms with E-state index < -0.39 is 0 Å². The standard InChI is InChI=1S/3C40H30N4/c1-24-5-13-30-31-14-6-25(2)18-35(31)43(34(30)17-24)38-22-42-23-39(40(38)29-11-9-28(21-41)10-12-29)44-36-19-26(3)7-15-32(36)33-16-8-27(4)20-37(33)44;1-24-8-12-30-31-13-9-25(2)17-35(31)43(34(30)16-24)38-22-42-23-39(40(38)29-7-5-6-28(20-29)21-41)44-36-18-26(3)10-14-32(36)33-15-11-27(4)19-37(33)44;1-24-9-13-30-31-14-10-25(2)18-35(31)43(34(30)17-24)38-22-42-23-39(40(38)29-8-6-5-7-28(29)21-41)44-36-19-26(3)11-15-32(36)33-16-12-27(4)20-37(33)44/h3*5-20,22-23H,1-4H3. The molecule has 9 aromatic heterocycles. The van der Waals surface area contributed by atoms with Gasteiger partial charge < -0.3 is 27.4 Å². The normalized spacial score (nSPS) is 11.6. The van der Waals surface area contributed by atoms with Gasteiger partial charge in [0.15, 0.2) is 0 Å². The zero-order valence-electron chi connectivity index (χ0n) is 75.5. The molecule has 0 bridgehead atoms. The lowest BCUT2D eigenvalue weighted by Gasteiger charge is -2.20. The third-order valence-corrected chi connectivity index (χ3v) is 26.5. The maximum Gasteiger partial charge on any atom is 0.0998 e. The molecule has 0 atom stereocenters. The number of benzene rings is 15. The van der Waals surface area contributed by atoms with Crippen molar-refractivity contribution < 1.29 is 0 Å². The van der Waals surface area contributed by atoms with Gasteiger partial charge in [-0.3, -0.25) is 15.0 Å². The van der Waals surface area contributed by atoms with Gasteiger partial charge in [0.25, 0.3) is 0 Å². The number of hydrogen-bond acceptors (Lipinski definition) is 6. The highest BCUT2D eigenvalue weighted by molar-refractivity contribution is 6.17. The largest absolute Gasteiger partial charge is 0.307 e. The summed E-state index contributed by atoms with van der Waals surface area (Å²) in [5.41, 5.74) is 41.6. The van der Waals surface area contributed by atoms with E-state index in [9.17, 15) is 15.8 Å². The van der Waals surface area contributed by atoms with E-state index in [1.165, 1.54) is 131 Å². The highest BCUT2D eigenvalue weighted by Crippen LogP contribution is 2.49. The maximum atomic E-state index is 10.4. The molecule has 132 heavy (non-hydrogen) atoms. The van der Waals surface area contributed by atoms with Crippen LogP contribution in [0.5, 0.6) is 0 Å². The van der Waals surface area contributed by atoms with Crippen LogP contribution in [0.3, 0.4) is 0 Å². The molecule has 0 N–H and O–H groups in total. The predicted molar refractivity (Wildman–Crippen MR) is 546 cm³/mol. The van der Waals surface area contributed by atoms with Crippen molar-refractivity contribution in [2.24, 2.45) is 0 Å². The maximum absolute atomic E-state index is 10.4. The van der Waals surface area contributed by atoms with Gasteiger partial charge in [-0.1, -0.05) is 188 Å². The van der Waals surface area contributed by atoms with E-state index in [-0.39, 0.29) is 0 Å². The number of pyridine rings is 3. The van der Waals surface area contributed by atoms with Crippen molar-refractivity contribution in [3.8, 4) is 85.7 Å². The molecule has 9 heterocycles. The van der Waals surface area contributed by atoms with Gasteiger partial charge in [0.2, 0.25) is 0 Å². The minimum atomic E-state index is 0.624. The molecule has 0 unspecified atom stereocenters. The molecule has 12 nitrogen and oxygen atoms in total. The van der Waals surface area contributed by atoms with Crippen molar-refractivity contribution in [1.29, 1.82) is 15.8 Å². The molecule has 0 saturated carbocycles. The number of hydrogen-bond donors (Lipinski definition) is 0. The minimum Gasteiger partial charge on any atom is -0.307 e. The molecule has 15 aromatic carbocycles. The van der Waals surface area contributed by atoms with E-state index in [1.807, 2.05) is 85.7 Å². The molecule has 0 aliphatic rings. The van der Waals surface area contributed by atoms with Crippen LogP contribution in [0.2, 0.25) is 0 Å². The quantitative estimate of drug-likeness (QED) is 0.141. The van der Waals surface area contributed by atoms with E-state index in [0.29, 0.717) is 16.7 Å². The van der Waals surface area contributed by atoms with Crippen LogP contribution in [0.15, 0.2) is 328 Å². The Bertz CT molecular complexity index is 8370. The van der Waals surface area contributed by atoms with Gasteiger partial charge in [-0.05, 0) is 264 Å². The number of nitriles is 3. The van der Waals surface area contributed by atoms with E-state index >= 15 is 0 Å². The Morgan fingerprint density at radius 2 is 0.409 bits per heavy atom. The lowest BCUT2D eigenvalue weighted by molar-refractivity contribution is 1.09. The molecule has 0 spiro atoms. The molecule has 0 aliphatic carbocycles. The van der Waals surface area contributed by atoms with Gasteiger partial charge in [0.05, 0.1) is 172 Å². The third kappa shape index (κ3) is 13.3. The Kier molecular flexibility index (Phi) is 19.5. The molecule has 0 saturated heterocycles. The van der Waals surface area contributed by atoms with Crippen LogP contribution in [0.1, 0.15) is 83.5 Å². The lowest BCUT2D eigenvalue weighted by Crippen LogP contribution is -2.06. The van der Waals surface area contributed by atoms with Crippen LogP contribution < -0.4 is 0 Å². The second-order valence-corrected chi connectivity index (χ2v) is 36.0. The molecule has 630 valence electrons. The predicted octanol–water partition coefficient (Wildman–Crippen LogP) is 30.1. The average Bonchev–Trinajstić information content (AvgIpc) is 1.57. The van der Waals surface area contributed by atoms with Gasteiger partial charge >= 0.3 is 0 Å². The van der Waals surface area contributed by atoms with Crippen LogP contribution in [0, 0.1) is 117 Å². The Morgan fingerprint density at radius 3 is 0.636 bits per heavy atom. The second kappa shape index (κ2) is 31.8. The third-order valence-electron chi connectivity index (χ3n) is 26.5. The van der Waals surface area contributed by atoms with Crippen molar-refractivity contribution in [2.75, 3.05) is 0 Å². The van der Waals surface area contributed by atoms with Gasteiger partial charge in [-0.25, -0.2) is 0 Å². The molecule has 0 fully saturated rings. The number of fused-ring (bicyclic) bond motifs is 18. The van der Waals surface area contributed by atoms with Gasteiger partial charge in [-0.15, -0.1) is 0 Å². The van der Waals surface area contributed by atoms with Gasteiger partial charge in [-0.2, -0.15) is 15.8 Å².